The SMILES string of the molecule is Cc1cccc(S(=O)(=O)NC[C@H](O)C(=O)O)c1. The fourth-order valence-electron chi connectivity index (χ4n) is 1.14. The third kappa shape index (κ3) is 3.81. The van der Waals surface area contributed by atoms with Crippen molar-refractivity contribution in [2.75, 3.05) is 6.54 Å². The summed E-state index contributed by atoms with van der Waals surface area (Å²) in [5, 5.41) is 17.4. The van der Waals surface area contributed by atoms with E-state index in [1.54, 1.807) is 19.1 Å². The van der Waals surface area contributed by atoms with Crippen LogP contribution < -0.4 is 4.72 Å². The molecule has 1 aromatic rings. The lowest BCUT2D eigenvalue weighted by atomic mass is 10.2. The quantitative estimate of drug-likeness (QED) is 0.674. The summed E-state index contributed by atoms with van der Waals surface area (Å²) in [5.41, 5.74) is 0.770. The summed E-state index contributed by atoms with van der Waals surface area (Å²) in [5.74, 6) is -1.48. The number of rotatable bonds is 5. The molecule has 0 saturated heterocycles. The van der Waals surface area contributed by atoms with E-state index in [1.807, 2.05) is 4.72 Å². The molecule has 7 heteroatoms. The Morgan fingerprint density at radius 2 is 2.12 bits per heavy atom. The van der Waals surface area contributed by atoms with Gasteiger partial charge in [-0.2, -0.15) is 0 Å². The molecule has 1 atom stereocenters. The first-order chi connectivity index (χ1) is 7.83. The maximum atomic E-state index is 11.7. The average molecular weight is 259 g/mol. The van der Waals surface area contributed by atoms with Gasteiger partial charge in [0.25, 0.3) is 0 Å². The minimum Gasteiger partial charge on any atom is -0.479 e. The predicted octanol–water partition coefficient (Wildman–Crippen LogP) is -0.281. The molecule has 3 N–H and O–H groups in total. The Morgan fingerprint density at radius 3 is 2.65 bits per heavy atom. The highest BCUT2D eigenvalue weighted by Crippen LogP contribution is 2.10. The van der Waals surface area contributed by atoms with Crippen molar-refractivity contribution < 1.29 is 23.4 Å². The van der Waals surface area contributed by atoms with Crippen molar-refractivity contribution in [1.29, 1.82) is 0 Å². The van der Waals surface area contributed by atoms with Crippen LogP contribution in [0.2, 0.25) is 0 Å². The van der Waals surface area contributed by atoms with Gasteiger partial charge in [0.15, 0.2) is 6.10 Å². The number of aryl methyl sites for hydroxylation is 1. The molecule has 0 bridgehead atoms. The van der Waals surface area contributed by atoms with E-state index in [-0.39, 0.29) is 4.90 Å². The van der Waals surface area contributed by atoms with Crippen molar-refractivity contribution in [3.05, 3.63) is 29.8 Å². The second-order valence-electron chi connectivity index (χ2n) is 3.52. The topological polar surface area (TPSA) is 104 Å². The van der Waals surface area contributed by atoms with Crippen LogP contribution in [-0.2, 0) is 14.8 Å². The van der Waals surface area contributed by atoms with Crippen LogP contribution in [0.1, 0.15) is 5.56 Å². The van der Waals surface area contributed by atoms with E-state index in [0.29, 0.717) is 0 Å². The first-order valence-corrected chi connectivity index (χ1v) is 6.28. The fraction of sp³-hybridized carbons (Fsp3) is 0.300. The smallest absolute Gasteiger partial charge is 0.333 e. The number of hydrogen-bond donors (Lipinski definition) is 3. The number of benzene rings is 1. The van der Waals surface area contributed by atoms with E-state index in [0.717, 1.165) is 5.56 Å². The normalized spacial score (nSPS) is 13.3. The van der Waals surface area contributed by atoms with Crippen LogP contribution >= 0.6 is 0 Å². The van der Waals surface area contributed by atoms with Crippen molar-refractivity contribution in [3.63, 3.8) is 0 Å². The molecule has 0 saturated carbocycles. The molecule has 0 aromatic heterocycles. The number of sulfonamides is 1. The second kappa shape index (κ2) is 5.26. The number of carboxylic acids is 1. The molecule has 0 spiro atoms. The summed E-state index contributed by atoms with van der Waals surface area (Å²) >= 11 is 0. The largest absolute Gasteiger partial charge is 0.479 e. The zero-order valence-electron chi connectivity index (χ0n) is 9.12. The molecule has 0 aliphatic carbocycles. The van der Waals surface area contributed by atoms with Crippen LogP contribution in [0.5, 0.6) is 0 Å². The van der Waals surface area contributed by atoms with Gasteiger partial charge < -0.3 is 10.2 Å². The monoisotopic (exact) mass is 259 g/mol. The highest BCUT2D eigenvalue weighted by Gasteiger charge is 2.19. The highest BCUT2D eigenvalue weighted by atomic mass is 32.2. The lowest BCUT2D eigenvalue weighted by Gasteiger charge is -2.09. The van der Waals surface area contributed by atoms with Gasteiger partial charge in [0.05, 0.1) is 4.90 Å². The van der Waals surface area contributed by atoms with Gasteiger partial charge in [0.2, 0.25) is 10.0 Å². The molecule has 94 valence electrons. The highest BCUT2D eigenvalue weighted by molar-refractivity contribution is 7.89. The van der Waals surface area contributed by atoms with Crippen LogP contribution in [0, 0.1) is 6.92 Å². The van der Waals surface area contributed by atoms with Gasteiger partial charge in [0.1, 0.15) is 0 Å². The van der Waals surface area contributed by atoms with Crippen LogP contribution in [0.25, 0.3) is 0 Å². The summed E-state index contributed by atoms with van der Waals surface area (Å²) < 4.78 is 25.4. The lowest BCUT2D eigenvalue weighted by molar-refractivity contribution is -0.146. The Hall–Kier alpha value is -1.44. The Balaban J connectivity index is 2.79. The zero-order valence-corrected chi connectivity index (χ0v) is 9.94. The van der Waals surface area contributed by atoms with Crippen LogP contribution in [0.4, 0.5) is 0 Å². The number of aliphatic hydroxyl groups excluding tert-OH is 1. The van der Waals surface area contributed by atoms with Crippen molar-refractivity contribution >= 4 is 16.0 Å². The Kier molecular flexibility index (Phi) is 4.22. The van der Waals surface area contributed by atoms with Crippen molar-refractivity contribution in [2.45, 2.75) is 17.9 Å². The summed E-state index contributed by atoms with van der Waals surface area (Å²) in [7, 11) is -3.78. The Bertz CT molecular complexity index is 511. The molecule has 0 aliphatic rings. The number of nitrogens with one attached hydrogen (secondary N) is 1. The maximum absolute atomic E-state index is 11.7. The fourth-order valence-corrected chi connectivity index (χ4v) is 2.28. The summed E-state index contributed by atoms with van der Waals surface area (Å²) in [6, 6.07) is 6.17. The third-order valence-corrected chi connectivity index (χ3v) is 3.47. The van der Waals surface area contributed by atoms with Gasteiger partial charge in [0, 0.05) is 6.54 Å². The zero-order chi connectivity index (χ0) is 13.1. The van der Waals surface area contributed by atoms with E-state index < -0.39 is 28.6 Å². The predicted molar refractivity (Wildman–Crippen MR) is 60.0 cm³/mol. The molecule has 0 radical (unpaired) electrons. The van der Waals surface area contributed by atoms with Gasteiger partial charge in [-0.15, -0.1) is 0 Å². The van der Waals surface area contributed by atoms with E-state index in [2.05, 4.69) is 0 Å². The molecule has 1 aromatic carbocycles. The number of hydrogen-bond acceptors (Lipinski definition) is 4. The Labute approximate surface area is 99.0 Å². The van der Waals surface area contributed by atoms with E-state index in [4.69, 9.17) is 10.2 Å². The van der Waals surface area contributed by atoms with E-state index in [9.17, 15) is 13.2 Å². The number of aliphatic hydroxyl groups is 1. The van der Waals surface area contributed by atoms with E-state index >= 15 is 0 Å². The van der Waals surface area contributed by atoms with Crippen LogP contribution in [0.15, 0.2) is 29.2 Å². The minimum absolute atomic E-state index is 0.0371. The third-order valence-electron chi connectivity index (χ3n) is 2.05. The minimum atomic E-state index is -3.78. The van der Waals surface area contributed by atoms with Gasteiger partial charge >= 0.3 is 5.97 Å². The maximum Gasteiger partial charge on any atom is 0.333 e. The van der Waals surface area contributed by atoms with Crippen molar-refractivity contribution in [2.24, 2.45) is 0 Å². The van der Waals surface area contributed by atoms with Crippen molar-refractivity contribution in [3.8, 4) is 0 Å². The number of carbonyl (C=O) groups is 1. The summed E-state index contributed by atoms with van der Waals surface area (Å²) in [6.07, 6.45) is -1.76. The summed E-state index contributed by atoms with van der Waals surface area (Å²) in [4.78, 5) is 10.4. The average Bonchev–Trinajstić information content (AvgIpc) is 2.26. The van der Waals surface area contributed by atoms with Gasteiger partial charge in [-0.05, 0) is 24.6 Å². The molecule has 0 aliphatic heterocycles. The van der Waals surface area contributed by atoms with Gasteiger partial charge in [-0.1, -0.05) is 12.1 Å². The van der Waals surface area contributed by atoms with Crippen LogP contribution in [0.3, 0.4) is 0 Å². The summed E-state index contributed by atoms with van der Waals surface area (Å²) in [6.45, 7) is 1.18. The van der Waals surface area contributed by atoms with E-state index in [1.165, 1.54) is 12.1 Å². The van der Waals surface area contributed by atoms with Crippen LogP contribution in [-0.4, -0.2) is 37.2 Å². The molecule has 0 fully saturated rings. The second-order valence-corrected chi connectivity index (χ2v) is 5.29. The van der Waals surface area contributed by atoms with Gasteiger partial charge in [-0.25, -0.2) is 17.9 Å². The Morgan fingerprint density at radius 1 is 1.47 bits per heavy atom. The van der Waals surface area contributed by atoms with Gasteiger partial charge in [-0.3, -0.25) is 0 Å². The molecule has 1 rings (SSSR count). The molecule has 17 heavy (non-hydrogen) atoms. The molecule has 0 heterocycles. The lowest BCUT2D eigenvalue weighted by Crippen LogP contribution is -2.36. The first kappa shape index (κ1) is 13.6. The number of carboxylic acid groups (broad SMARTS) is 1. The molecule has 0 unspecified atom stereocenters. The molecule has 6 nitrogen and oxygen atoms in total. The van der Waals surface area contributed by atoms with Crippen molar-refractivity contribution in [1.82, 2.24) is 4.72 Å². The molecule has 0 amide bonds. The molecular weight excluding hydrogens is 246 g/mol. The standard InChI is InChI=1S/C10H13NO5S/c1-7-3-2-4-8(5-7)17(15,16)11-6-9(12)10(13)14/h2-5,9,11-12H,6H2,1H3,(H,13,14)/t9-/m0/s1. The number of aliphatic carboxylic acids is 1. The molecular formula is C10H13NO5S. The first-order valence-electron chi connectivity index (χ1n) is 4.80.